The van der Waals surface area contributed by atoms with Crippen LogP contribution >= 0.6 is 0 Å². The monoisotopic (exact) mass is 217 g/mol. The molecule has 0 spiro atoms. The van der Waals surface area contributed by atoms with Crippen LogP contribution in [0.2, 0.25) is 0 Å². The predicted octanol–water partition coefficient (Wildman–Crippen LogP) is 2.92. The standard InChI is InChI=1S/C13H15NO2/c1-2-3-4-5-10-6-7-12-11(8-10)9-16-13(15)14-12/h6-9H,2-5H2,1H3. The molecule has 0 bridgehead atoms. The number of rotatable bonds is 4. The molecule has 0 saturated carbocycles. The van der Waals surface area contributed by atoms with Crippen LogP contribution in [0.3, 0.4) is 0 Å². The quantitative estimate of drug-likeness (QED) is 0.739. The van der Waals surface area contributed by atoms with E-state index in [1.165, 1.54) is 31.1 Å². The van der Waals surface area contributed by atoms with Gasteiger partial charge in [-0.15, -0.1) is 0 Å². The largest absolute Gasteiger partial charge is 0.439 e. The van der Waals surface area contributed by atoms with E-state index in [9.17, 15) is 4.79 Å². The fourth-order valence-electron chi connectivity index (χ4n) is 1.77. The van der Waals surface area contributed by atoms with E-state index in [1.54, 1.807) is 0 Å². The van der Waals surface area contributed by atoms with Crippen LogP contribution in [0.5, 0.6) is 0 Å². The number of nitrogens with zero attached hydrogens (tertiary/aromatic N) is 1. The van der Waals surface area contributed by atoms with Crippen LogP contribution in [0.15, 0.2) is 33.7 Å². The van der Waals surface area contributed by atoms with Gasteiger partial charge in [-0.3, -0.25) is 0 Å². The molecule has 0 aliphatic carbocycles. The summed E-state index contributed by atoms with van der Waals surface area (Å²) in [6.45, 7) is 2.19. The molecule has 1 heterocycles. The fourth-order valence-corrected chi connectivity index (χ4v) is 1.77. The Morgan fingerprint density at radius 1 is 1.31 bits per heavy atom. The van der Waals surface area contributed by atoms with Gasteiger partial charge >= 0.3 is 5.76 Å². The molecular formula is C13H15NO2. The zero-order chi connectivity index (χ0) is 11.4. The number of hydrogen-bond acceptors (Lipinski definition) is 3. The third-order valence-corrected chi connectivity index (χ3v) is 2.66. The van der Waals surface area contributed by atoms with Crippen LogP contribution in [0, 0.1) is 0 Å². The second-order valence-electron chi connectivity index (χ2n) is 3.96. The molecule has 0 N–H and O–H groups in total. The Morgan fingerprint density at radius 3 is 3.00 bits per heavy atom. The van der Waals surface area contributed by atoms with Crippen LogP contribution < -0.4 is 5.76 Å². The highest BCUT2D eigenvalue weighted by molar-refractivity contribution is 5.77. The third kappa shape index (κ3) is 2.48. The molecule has 3 heteroatoms. The summed E-state index contributed by atoms with van der Waals surface area (Å²) in [5.41, 5.74) is 1.98. The van der Waals surface area contributed by atoms with Crippen LogP contribution in [0.25, 0.3) is 10.9 Å². The molecule has 1 aromatic heterocycles. The van der Waals surface area contributed by atoms with Gasteiger partial charge in [0.25, 0.3) is 0 Å². The van der Waals surface area contributed by atoms with Crippen LogP contribution in [-0.2, 0) is 6.42 Å². The summed E-state index contributed by atoms with van der Waals surface area (Å²) in [5, 5.41) is 0.897. The fraction of sp³-hybridized carbons (Fsp3) is 0.385. The van der Waals surface area contributed by atoms with Crippen molar-refractivity contribution in [3.05, 3.63) is 40.6 Å². The normalized spacial score (nSPS) is 10.8. The average molecular weight is 217 g/mol. The SMILES string of the molecule is CCCCCc1ccc2nc(=O)occ2c1. The number of aryl methyl sites for hydroxylation is 1. The maximum atomic E-state index is 10.9. The summed E-state index contributed by atoms with van der Waals surface area (Å²) in [6.07, 6.45) is 6.23. The minimum absolute atomic E-state index is 0.536. The van der Waals surface area contributed by atoms with Crippen molar-refractivity contribution in [3.8, 4) is 0 Å². The number of unbranched alkanes of at least 4 members (excludes halogenated alkanes) is 2. The molecule has 0 saturated heterocycles. The summed E-state index contributed by atoms with van der Waals surface area (Å²) < 4.78 is 4.75. The van der Waals surface area contributed by atoms with E-state index < -0.39 is 5.76 Å². The highest BCUT2D eigenvalue weighted by Gasteiger charge is 1.99. The van der Waals surface area contributed by atoms with E-state index in [1.807, 2.05) is 18.2 Å². The lowest BCUT2D eigenvalue weighted by molar-refractivity contribution is 0.493. The summed E-state index contributed by atoms with van der Waals surface area (Å²) in [7, 11) is 0. The molecule has 84 valence electrons. The van der Waals surface area contributed by atoms with Crippen molar-refractivity contribution in [1.29, 1.82) is 0 Å². The first-order valence-electron chi connectivity index (χ1n) is 5.68. The molecule has 0 aliphatic rings. The summed E-state index contributed by atoms with van der Waals surface area (Å²) in [4.78, 5) is 14.7. The second kappa shape index (κ2) is 4.92. The number of fused-ring (bicyclic) bond motifs is 1. The van der Waals surface area contributed by atoms with E-state index in [-0.39, 0.29) is 0 Å². The van der Waals surface area contributed by atoms with Crippen molar-refractivity contribution >= 4 is 10.9 Å². The lowest BCUT2D eigenvalue weighted by Gasteiger charge is -2.01. The molecule has 0 fully saturated rings. The number of benzene rings is 1. The average Bonchev–Trinajstić information content (AvgIpc) is 2.29. The molecule has 1 aromatic carbocycles. The molecule has 0 aliphatic heterocycles. The van der Waals surface area contributed by atoms with E-state index in [4.69, 9.17) is 4.42 Å². The van der Waals surface area contributed by atoms with Gasteiger partial charge in [0.2, 0.25) is 0 Å². The molecule has 16 heavy (non-hydrogen) atoms. The van der Waals surface area contributed by atoms with Gasteiger partial charge in [-0.2, -0.15) is 4.98 Å². The Hall–Kier alpha value is -1.64. The van der Waals surface area contributed by atoms with Crippen molar-refractivity contribution < 1.29 is 4.42 Å². The Balaban J connectivity index is 2.23. The Labute approximate surface area is 94.1 Å². The van der Waals surface area contributed by atoms with Gasteiger partial charge in [-0.1, -0.05) is 25.8 Å². The van der Waals surface area contributed by atoms with Gasteiger partial charge in [-0.25, -0.2) is 4.79 Å². The highest BCUT2D eigenvalue weighted by Crippen LogP contribution is 2.14. The van der Waals surface area contributed by atoms with E-state index >= 15 is 0 Å². The smallest absolute Gasteiger partial charge is 0.416 e. The van der Waals surface area contributed by atoms with Crippen LogP contribution in [0.4, 0.5) is 0 Å². The number of hydrogen-bond donors (Lipinski definition) is 0. The summed E-state index contributed by atoms with van der Waals surface area (Å²) in [5.74, 6) is -0.536. The first kappa shape index (κ1) is 10.9. The minimum Gasteiger partial charge on any atom is -0.416 e. The lowest BCUT2D eigenvalue weighted by atomic mass is 10.1. The Kier molecular flexibility index (Phi) is 3.34. The van der Waals surface area contributed by atoms with Gasteiger partial charge in [0.15, 0.2) is 0 Å². The molecular weight excluding hydrogens is 202 g/mol. The van der Waals surface area contributed by atoms with E-state index in [0.717, 1.165) is 11.8 Å². The van der Waals surface area contributed by atoms with Crippen molar-refractivity contribution in [2.75, 3.05) is 0 Å². The van der Waals surface area contributed by atoms with E-state index in [2.05, 4.69) is 11.9 Å². The summed E-state index contributed by atoms with van der Waals surface area (Å²) >= 11 is 0. The maximum absolute atomic E-state index is 10.9. The maximum Gasteiger partial charge on any atom is 0.439 e. The van der Waals surface area contributed by atoms with Gasteiger partial charge in [-0.05, 0) is 30.5 Å². The topological polar surface area (TPSA) is 43.1 Å². The van der Waals surface area contributed by atoms with Gasteiger partial charge in [0.05, 0.1) is 5.52 Å². The van der Waals surface area contributed by atoms with Crippen molar-refractivity contribution in [2.45, 2.75) is 32.6 Å². The number of aromatic nitrogens is 1. The van der Waals surface area contributed by atoms with Crippen molar-refractivity contribution in [3.63, 3.8) is 0 Å². The molecule has 2 aromatic rings. The highest BCUT2D eigenvalue weighted by atomic mass is 16.4. The lowest BCUT2D eigenvalue weighted by Crippen LogP contribution is -2.02. The molecule has 0 unspecified atom stereocenters. The molecule has 0 radical (unpaired) electrons. The van der Waals surface area contributed by atoms with Gasteiger partial charge in [0.1, 0.15) is 6.26 Å². The first-order valence-corrected chi connectivity index (χ1v) is 5.68. The van der Waals surface area contributed by atoms with Crippen molar-refractivity contribution in [1.82, 2.24) is 4.98 Å². The van der Waals surface area contributed by atoms with E-state index in [0.29, 0.717) is 5.52 Å². The summed E-state index contributed by atoms with van der Waals surface area (Å²) in [6, 6.07) is 5.96. The van der Waals surface area contributed by atoms with Crippen molar-refractivity contribution in [2.24, 2.45) is 0 Å². The Morgan fingerprint density at radius 2 is 2.19 bits per heavy atom. The molecule has 0 amide bonds. The zero-order valence-corrected chi connectivity index (χ0v) is 9.40. The zero-order valence-electron chi connectivity index (χ0n) is 9.40. The third-order valence-electron chi connectivity index (χ3n) is 2.66. The molecule has 3 nitrogen and oxygen atoms in total. The van der Waals surface area contributed by atoms with Crippen LogP contribution in [0.1, 0.15) is 31.7 Å². The van der Waals surface area contributed by atoms with Crippen LogP contribution in [-0.4, -0.2) is 4.98 Å². The first-order chi connectivity index (χ1) is 7.79. The molecule has 0 atom stereocenters. The predicted molar refractivity (Wildman–Crippen MR) is 63.5 cm³/mol. The molecule has 2 rings (SSSR count). The van der Waals surface area contributed by atoms with Gasteiger partial charge < -0.3 is 4.42 Å². The minimum atomic E-state index is -0.536. The Bertz CT molecular complexity index is 531. The van der Waals surface area contributed by atoms with Gasteiger partial charge in [0, 0.05) is 5.39 Å². The second-order valence-corrected chi connectivity index (χ2v) is 3.96.